The Morgan fingerprint density at radius 3 is 3.17 bits per heavy atom. The van der Waals surface area contributed by atoms with Crippen LogP contribution >= 0.6 is 0 Å². The Morgan fingerprint density at radius 2 is 2.44 bits per heavy atom. The third-order valence-corrected chi connectivity index (χ3v) is 2.92. The molecule has 6 nitrogen and oxygen atoms in total. The van der Waals surface area contributed by atoms with E-state index >= 15 is 0 Å². The normalized spacial score (nSPS) is 13.7. The molecule has 1 heterocycles. The maximum atomic E-state index is 11.9. The Bertz CT molecular complexity index is 509. The summed E-state index contributed by atoms with van der Waals surface area (Å²) in [6.07, 6.45) is 1.87. The Labute approximate surface area is 105 Å². The fraction of sp³-hybridized carbons (Fsp3) is 0.417. The predicted octanol–water partition coefficient (Wildman–Crippen LogP) is 2.55. The number of methoxy groups -OCH3 is 1. The molecule has 6 heteroatoms. The molecule has 0 aliphatic carbocycles. The molecule has 2 rings (SSSR count). The van der Waals surface area contributed by atoms with Gasteiger partial charge in [-0.05, 0) is 30.0 Å². The monoisotopic (exact) mass is 246 g/mol. The Morgan fingerprint density at radius 1 is 1.61 bits per heavy atom. The summed E-state index contributed by atoms with van der Waals surface area (Å²) < 4.78 is 4.88. The first-order chi connectivity index (χ1) is 8.76. The zero-order valence-corrected chi connectivity index (χ0v) is 10.2. The highest BCUT2D eigenvalue weighted by molar-refractivity contribution is 5.95. The molecule has 18 heavy (non-hydrogen) atoms. The summed E-state index contributed by atoms with van der Waals surface area (Å²) >= 11 is 0. The topological polar surface area (TPSA) is 78.3 Å². The van der Waals surface area contributed by atoms with Crippen LogP contribution in [0.25, 0.3) is 10.4 Å². The maximum Gasteiger partial charge on any atom is 0.252 e. The molecule has 0 N–H and O–H groups in total. The Balaban J connectivity index is 2.36. The number of hydrogen-bond donors (Lipinski definition) is 0. The number of anilines is 1. The molecule has 94 valence electrons. The maximum absolute atomic E-state index is 11.9. The fourth-order valence-corrected chi connectivity index (χ4v) is 2.14. The van der Waals surface area contributed by atoms with E-state index in [1.54, 1.807) is 17.0 Å². The van der Waals surface area contributed by atoms with Crippen LogP contribution in [0.15, 0.2) is 23.3 Å². The Hall–Kier alpha value is -2.04. The first-order valence-electron chi connectivity index (χ1n) is 5.73. The van der Waals surface area contributed by atoms with Crippen molar-refractivity contribution in [3.05, 3.63) is 34.2 Å². The lowest BCUT2D eigenvalue weighted by molar-refractivity contribution is -0.122. The van der Waals surface area contributed by atoms with Crippen molar-refractivity contribution in [3.8, 4) is 0 Å². The molecule has 1 aliphatic rings. The number of fused-ring (bicyclic) bond motifs is 1. The highest BCUT2D eigenvalue weighted by Gasteiger charge is 2.22. The van der Waals surface area contributed by atoms with Crippen LogP contribution in [-0.4, -0.2) is 26.2 Å². The number of carbonyl (C=O) groups excluding carboxylic acids is 1. The summed E-state index contributed by atoms with van der Waals surface area (Å²) in [5.41, 5.74) is 10.9. The summed E-state index contributed by atoms with van der Waals surface area (Å²) in [5.74, 6) is -0.0727. The summed E-state index contributed by atoms with van der Waals surface area (Å²) in [6, 6.07) is 5.43. The summed E-state index contributed by atoms with van der Waals surface area (Å²) in [5, 5.41) is 3.57. The van der Waals surface area contributed by atoms with E-state index in [1.165, 1.54) is 7.11 Å². The SMILES string of the molecule is COCC(=O)N1CCCc2ccc(N=[N+]=[N-])cc21. The van der Waals surface area contributed by atoms with Crippen LogP contribution in [0.1, 0.15) is 12.0 Å². The molecule has 0 spiro atoms. The van der Waals surface area contributed by atoms with Crippen molar-refractivity contribution in [1.82, 2.24) is 0 Å². The van der Waals surface area contributed by atoms with Crippen LogP contribution in [0.5, 0.6) is 0 Å². The molecule has 0 radical (unpaired) electrons. The fourth-order valence-electron chi connectivity index (χ4n) is 2.14. The van der Waals surface area contributed by atoms with Crippen molar-refractivity contribution in [1.29, 1.82) is 0 Å². The molecule has 0 atom stereocenters. The number of hydrogen-bond acceptors (Lipinski definition) is 3. The van der Waals surface area contributed by atoms with Gasteiger partial charge in [0.1, 0.15) is 6.61 Å². The van der Waals surface area contributed by atoms with Crippen LogP contribution in [0.4, 0.5) is 11.4 Å². The summed E-state index contributed by atoms with van der Waals surface area (Å²) in [6.45, 7) is 0.736. The number of ether oxygens (including phenoxy) is 1. The van der Waals surface area contributed by atoms with Gasteiger partial charge in [0.25, 0.3) is 5.91 Å². The first-order valence-corrected chi connectivity index (χ1v) is 5.73. The third kappa shape index (κ3) is 2.45. The van der Waals surface area contributed by atoms with Crippen LogP contribution in [0.2, 0.25) is 0 Å². The second-order valence-electron chi connectivity index (χ2n) is 4.08. The zero-order chi connectivity index (χ0) is 13.0. The average Bonchev–Trinajstić information content (AvgIpc) is 2.38. The van der Waals surface area contributed by atoms with Gasteiger partial charge < -0.3 is 9.64 Å². The van der Waals surface area contributed by atoms with Gasteiger partial charge in [0.15, 0.2) is 0 Å². The zero-order valence-electron chi connectivity index (χ0n) is 10.2. The third-order valence-electron chi connectivity index (χ3n) is 2.92. The number of amides is 1. The predicted molar refractivity (Wildman–Crippen MR) is 67.8 cm³/mol. The molecule has 0 saturated carbocycles. The number of aryl methyl sites for hydroxylation is 1. The minimum absolute atomic E-state index is 0.0607. The minimum Gasteiger partial charge on any atom is -0.375 e. The van der Waals surface area contributed by atoms with E-state index in [-0.39, 0.29) is 12.5 Å². The van der Waals surface area contributed by atoms with Gasteiger partial charge in [-0.2, -0.15) is 0 Å². The number of nitrogens with zero attached hydrogens (tertiary/aromatic N) is 4. The largest absolute Gasteiger partial charge is 0.375 e. The van der Waals surface area contributed by atoms with Crippen molar-refractivity contribution in [2.75, 3.05) is 25.2 Å². The summed E-state index contributed by atoms with van der Waals surface area (Å²) in [7, 11) is 1.50. The second-order valence-corrected chi connectivity index (χ2v) is 4.08. The molecule has 1 aromatic carbocycles. The molecule has 0 fully saturated rings. The summed E-state index contributed by atoms with van der Waals surface area (Å²) in [4.78, 5) is 16.4. The van der Waals surface area contributed by atoms with Gasteiger partial charge in [-0.1, -0.05) is 17.2 Å². The van der Waals surface area contributed by atoms with Crippen molar-refractivity contribution in [3.63, 3.8) is 0 Å². The van der Waals surface area contributed by atoms with Gasteiger partial charge in [0.2, 0.25) is 0 Å². The van der Waals surface area contributed by atoms with Crippen LogP contribution in [-0.2, 0) is 16.0 Å². The number of azide groups is 1. The molecule has 1 aromatic rings. The van der Waals surface area contributed by atoms with Crippen molar-refractivity contribution < 1.29 is 9.53 Å². The number of benzene rings is 1. The second kappa shape index (κ2) is 5.53. The van der Waals surface area contributed by atoms with E-state index in [0.29, 0.717) is 12.2 Å². The lowest BCUT2D eigenvalue weighted by atomic mass is 10.0. The molecule has 0 bridgehead atoms. The molecule has 0 unspecified atom stereocenters. The van der Waals surface area contributed by atoms with Crippen molar-refractivity contribution in [2.45, 2.75) is 12.8 Å². The lowest BCUT2D eigenvalue weighted by Gasteiger charge is -2.29. The highest BCUT2D eigenvalue weighted by atomic mass is 16.5. The quantitative estimate of drug-likeness (QED) is 0.466. The van der Waals surface area contributed by atoms with E-state index in [4.69, 9.17) is 10.3 Å². The van der Waals surface area contributed by atoms with E-state index in [0.717, 1.165) is 24.1 Å². The Kier molecular flexibility index (Phi) is 3.82. The van der Waals surface area contributed by atoms with Gasteiger partial charge in [-0.25, -0.2) is 0 Å². The average molecular weight is 246 g/mol. The van der Waals surface area contributed by atoms with E-state index in [2.05, 4.69) is 10.0 Å². The van der Waals surface area contributed by atoms with E-state index in [9.17, 15) is 4.79 Å². The van der Waals surface area contributed by atoms with E-state index in [1.807, 2.05) is 6.07 Å². The standard InChI is InChI=1S/C12H14N4O2/c1-18-8-12(17)16-6-2-3-9-4-5-10(14-15-13)7-11(9)16/h4-5,7H,2-3,6,8H2,1H3. The van der Waals surface area contributed by atoms with Crippen LogP contribution in [0.3, 0.4) is 0 Å². The van der Waals surface area contributed by atoms with Crippen molar-refractivity contribution in [2.24, 2.45) is 5.11 Å². The van der Waals surface area contributed by atoms with Crippen LogP contribution in [0, 0.1) is 0 Å². The molecular weight excluding hydrogens is 232 g/mol. The molecule has 0 aromatic heterocycles. The molecular formula is C12H14N4O2. The molecule has 1 aliphatic heterocycles. The first kappa shape index (κ1) is 12.4. The molecule has 1 amide bonds. The van der Waals surface area contributed by atoms with Gasteiger partial charge in [0, 0.05) is 29.9 Å². The molecule has 0 saturated heterocycles. The lowest BCUT2D eigenvalue weighted by Crippen LogP contribution is -2.37. The van der Waals surface area contributed by atoms with E-state index < -0.39 is 0 Å². The van der Waals surface area contributed by atoms with Crippen molar-refractivity contribution >= 4 is 17.3 Å². The smallest absolute Gasteiger partial charge is 0.252 e. The van der Waals surface area contributed by atoms with Gasteiger partial charge in [-0.15, -0.1) is 0 Å². The van der Waals surface area contributed by atoms with Gasteiger partial charge in [-0.3, -0.25) is 4.79 Å². The highest BCUT2D eigenvalue weighted by Crippen LogP contribution is 2.31. The van der Waals surface area contributed by atoms with Crippen LogP contribution < -0.4 is 4.90 Å². The number of carbonyl (C=O) groups is 1. The van der Waals surface area contributed by atoms with Gasteiger partial charge >= 0.3 is 0 Å². The number of rotatable bonds is 3. The minimum atomic E-state index is -0.0727. The van der Waals surface area contributed by atoms with Gasteiger partial charge in [0.05, 0.1) is 0 Å².